The summed E-state index contributed by atoms with van der Waals surface area (Å²) in [5.74, 6) is 1.73. The van der Waals surface area contributed by atoms with Crippen LogP contribution in [0.2, 0.25) is 0 Å². The number of aryl methyl sites for hydroxylation is 1. The minimum Gasteiger partial charge on any atom is -0.372 e. The van der Waals surface area contributed by atoms with E-state index in [1.807, 2.05) is 7.05 Å². The summed E-state index contributed by atoms with van der Waals surface area (Å²) in [6.45, 7) is 2.11. The Balaban J connectivity index is 2.02. The molecule has 0 saturated heterocycles. The van der Waals surface area contributed by atoms with Crippen molar-refractivity contribution in [1.29, 1.82) is 0 Å². The molecule has 0 bridgehead atoms. The number of hydrogen-bond donors (Lipinski definition) is 1. The van der Waals surface area contributed by atoms with Gasteiger partial charge in [0.05, 0.1) is 12.4 Å². The third kappa shape index (κ3) is 3.46. The quantitative estimate of drug-likeness (QED) is 0.840. The predicted octanol–water partition coefficient (Wildman–Crippen LogP) is 3.12. The molecule has 4 heteroatoms. The molecular formula is C13H15N3S. The van der Waals surface area contributed by atoms with Crippen molar-refractivity contribution in [3.8, 4) is 0 Å². The van der Waals surface area contributed by atoms with E-state index in [-0.39, 0.29) is 0 Å². The number of thioether (sulfide) groups is 1. The molecule has 1 aromatic heterocycles. The Morgan fingerprint density at radius 1 is 1.29 bits per heavy atom. The summed E-state index contributed by atoms with van der Waals surface area (Å²) in [5, 5.41) is 3.93. The fourth-order valence-electron chi connectivity index (χ4n) is 1.50. The summed E-state index contributed by atoms with van der Waals surface area (Å²) in [6, 6.07) is 8.52. The monoisotopic (exact) mass is 245 g/mol. The van der Waals surface area contributed by atoms with Crippen LogP contribution in [0.1, 0.15) is 11.1 Å². The second-order valence-corrected chi connectivity index (χ2v) is 4.77. The van der Waals surface area contributed by atoms with Gasteiger partial charge < -0.3 is 5.32 Å². The molecule has 0 aliphatic rings. The van der Waals surface area contributed by atoms with Gasteiger partial charge in [0.1, 0.15) is 10.8 Å². The van der Waals surface area contributed by atoms with Crippen molar-refractivity contribution < 1.29 is 0 Å². The van der Waals surface area contributed by atoms with Gasteiger partial charge in [-0.15, -0.1) is 11.8 Å². The van der Waals surface area contributed by atoms with E-state index in [1.165, 1.54) is 11.1 Å². The zero-order valence-electron chi connectivity index (χ0n) is 9.97. The molecule has 1 heterocycles. The van der Waals surface area contributed by atoms with Gasteiger partial charge in [-0.05, 0) is 12.5 Å². The van der Waals surface area contributed by atoms with Gasteiger partial charge in [-0.3, -0.25) is 4.98 Å². The molecule has 17 heavy (non-hydrogen) atoms. The zero-order chi connectivity index (χ0) is 12.1. The van der Waals surface area contributed by atoms with E-state index in [4.69, 9.17) is 0 Å². The molecule has 3 nitrogen and oxygen atoms in total. The smallest absolute Gasteiger partial charge is 0.145 e. The molecule has 0 amide bonds. The topological polar surface area (TPSA) is 37.8 Å². The summed E-state index contributed by atoms with van der Waals surface area (Å²) in [5.41, 5.74) is 2.60. The van der Waals surface area contributed by atoms with Crippen molar-refractivity contribution in [3.05, 3.63) is 47.8 Å². The Morgan fingerprint density at radius 2 is 2.18 bits per heavy atom. The molecule has 1 aromatic carbocycles. The van der Waals surface area contributed by atoms with Gasteiger partial charge in [-0.2, -0.15) is 0 Å². The van der Waals surface area contributed by atoms with Crippen molar-refractivity contribution >= 4 is 17.6 Å². The highest BCUT2D eigenvalue weighted by Crippen LogP contribution is 2.21. The summed E-state index contributed by atoms with van der Waals surface area (Å²) >= 11 is 1.70. The van der Waals surface area contributed by atoms with Crippen LogP contribution in [0.3, 0.4) is 0 Å². The number of nitrogens with zero attached hydrogens (tertiary/aromatic N) is 2. The fraction of sp³-hybridized carbons (Fsp3) is 0.231. The standard InChI is InChI=1S/C13H15N3S/c1-10-4-3-5-11(6-10)9-17-13-8-15-7-12(14-2)16-13/h3-8H,9H2,1-2H3,(H,14,16). The van der Waals surface area contributed by atoms with E-state index in [1.54, 1.807) is 24.2 Å². The third-order valence-corrected chi connectivity index (χ3v) is 3.31. The number of aromatic nitrogens is 2. The van der Waals surface area contributed by atoms with Crippen molar-refractivity contribution in [3.63, 3.8) is 0 Å². The first kappa shape index (κ1) is 11.9. The van der Waals surface area contributed by atoms with Crippen LogP contribution in [0.15, 0.2) is 41.7 Å². The van der Waals surface area contributed by atoms with Gasteiger partial charge in [0.2, 0.25) is 0 Å². The highest BCUT2D eigenvalue weighted by Gasteiger charge is 2.00. The summed E-state index contributed by atoms with van der Waals surface area (Å²) < 4.78 is 0. The normalized spacial score (nSPS) is 10.2. The van der Waals surface area contributed by atoms with Crippen molar-refractivity contribution in [2.45, 2.75) is 17.7 Å². The molecule has 0 spiro atoms. The van der Waals surface area contributed by atoms with Crippen molar-refractivity contribution in [1.82, 2.24) is 9.97 Å². The first-order valence-electron chi connectivity index (χ1n) is 5.46. The lowest BCUT2D eigenvalue weighted by Gasteiger charge is -2.04. The maximum Gasteiger partial charge on any atom is 0.145 e. The van der Waals surface area contributed by atoms with E-state index in [0.29, 0.717) is 0 Å². The van der Waals surface area contributed by atoms with Gasteiger partial charge in [0.25, 0.3) is 0 Å². The summed E-state index contributed by atoms with van der Waals surface area (Å²) in [4.78, 5) is 8.56. The number of hydrogen-bond acceptors (Lipinski definition) is 4. The van der Waals surface area contributed by atoms with Gasteiger partial charge >= 0.3 is 0 Å². The van der Waals surface area contributed by atoms with Crippen LogP contribution >= 0.6 is 11.8 Å². The van der Waals surface area contributed by atoms with Crippen LogP contribution in [0.4, 0.5) is 5.82 Å². The minimum atomic E-state index is 0.805. The van der Waals surface area contributed by atoms with Crippen LogP contribution < -0.4 is 5.32 Å². The largest absolute Gasteiger partial charge is 0.372 e. The van der Waals surface area contributed by atoms with E-state index in [2.05, 4.69) is 46.5 Å². The first-order chi connectivity index (χ1) is 8.28. The molecule has 0 radical (unpaired) electrons. The lowest BCUT2D eigenvalue weighted by Crippen LogP contribution is -1.94. The van der Waals surface area contributed by atoms with Gasteiger partial charge in [0, 0.05) is 12.8 Å². The molecule has 2 aromatic rings. The molecule has 0 aliphatic heterocycles. The lowest BCUT2D eigenvalue weighted by molar-refractivity contribution is 1.05. The SMILES string of the molecule is CNc1cncc(SCc2cccc(C)c2)n1. The fourth-order valence-corrected chi connectivity index (χ4v) is 2.29. The van der Waals surface area contributed by atoms with Crippen LogP contribution in [0.5, 0.6) is 0 Å². The van der Waals surface area contributed by atoms with Gasteiger partial charge in [-0.25, -0.2) is 4.98 Å². The summed E-state index contributed by atoms with van der Waals surface area (Å²) in [6.07, 6.45) is 3.51. The highest BCUT2D eigenvalue weighted by molar-refractivity contribution is 7.98. The van der Waals surface area contributed by atoms with Gasteiger partial charge in [0.15, 0.2) is 0 Å². The number of benzene rings is 1. The van der Waals surface area contributed by atoms with Crippen LogP contribution in [-0.2, 0) is 5.75 Å². The predicted molar refractivity (Wildman–Crippen MR) is 72.3 cm³/mol. The Hall–Kier alpha value is -1.55. The first-order valence-corrected chi connectivity index (χ1v) is 6.44. The second kappa shape index (κ2) is 5.68. The Kier molecular flexibility index (Phi) is 3.98. The van der Waals surface area contributed by atoms with Crippen molar-refractivity contribution in [2.24, 2.45) is 0 Å². The van der Waals surface area contributed by atoms with Crippen LogP contribution in [-0.4, -0.2) is 17.0 Å². The van der Waals surface area contributed by atoms with Crippen LogP contribution in [0, 0.1) is 6.92 Å². The maximum absolute atomic E-state index is 4.42. The maximum atomic E-state index is 4.42. The van der Waals surface area contributed by atoms with E-state index < -0.39 is 0 Å². The average Bonchev–Trinajstić information content (AvgIpc) is 2.37. The third-order valence-electron chi connectivity index (χ3n) is 2.34. The molecule has 0 fully saturated rings. The molecule has 0 atom stereocenters. The molecule has 88 valence electrons. The second-order valence-electron chi connectivity index (χ2n) is 3.77. The number of rotatable bonds is 4. The highest BCUT2D eigenvalue weighted by atomic mass is 32.2. The van der Waals surface area contributed by atoms with E-state index in [0.717, 1.165) is 16.6 Å². The molecule has 0 saturated carbocycles. The summed E-state index contributed by atoms with van der Waals surface area (Å²) in [7, 11) is 1.85. The molecule has 1 N–H and O–H groups in total. The van der Waals surface area contributed by atoms with Crippen LogP contribution in [0.25, 0.3) is 0 Å². The van der Waals surface area contributed by atoms with Gasteiger partial charge in [-0.1, -0.05) is 29.8 Å². The van der Waals surface area contributed by atoms with E-state index >= 15 is 0 Å². The molecule has 0 aliphatic carbocycles. The average molecular weight is 245 g/mol. The molecule has 2 rings (SSSR count). The Morgan fingerprint density at radius 3 is 2.94 bits per heavy atom. The lowest BCUT2D eigenvalue weighted by atomic mass is 10.2. The van der Waals surface area contributed by atoms with Crippen molar-refractivity contribution in [2.75, 3.05) is 12.4 Å². The number of nitrogens with one attached hydrogen (secondary N) is 1. The van der Waals surface area contributed by atoms with E-state index in [9.17, 15) is 0 Å². The number of anilines is 1. The minimum absolute atomic E-state index is 0.805. The Bertz CT molecular complexity index is 500. The zero-order valence-corrected chi connectivity index (χ0v) is 10.8. The molecule has 0 unspecified atom stereocenters. The Labute approximate surface area is 106 Å². The molecular weight excluding hydrogens is 230 g/mol.